The van der Waals surface area contributed by atoms with Gasteiger partial charge in [0.05, 0.1) is 10.0 Å². The van der Waals surface area contributed by atoms with Crippen molar-refractivity contribution in [2.24, 2.45) is 0 Å². The summed E-state index contributed by atoms with van der Waals surface area (Å²) in [6.07, 6.45) is -0.635. The molecule has 0 aliphatic heterocycles. The number of carbonyl (C=O) groups excluding carboxylic acids is 1. The summed E-state index contributed by atoms with van der Waals surface area (Å²) in [5.41, 5.74) is 1.65. The van der Waals surface area contributed by atoms with Crippen LogP contribution in [0.25, 0.3) is 0 Å². The van der Waals surface area contributed by atoms with E-state index in [1.807, 2.05) is 24.3 Å². The molecule has 3 nitrogen and oxygen atoms in total. The quantitative estimate of drug-likeness (QED) is 0.769. The smallest absolute Gasteiger partial charge is 0.265 e. The second-order valence-corrected chi connectivity index (χ2v) is 6.39. The lowest BCUT2D eigenvalue weighted by molar-refractivity contribution is -0.122. The summed E-state index contributed by atoms with van der Waals surface area (Å²) < 4.78 is 5.82. The third kappa shape index (κ3) is 4.63. The Hall–Kier alpha value is -1.71. The van der Waals surface area contributed by atoms with Crippen LogP contribution in [0.4, 0.5) is 5.69 Å². The van der Waals surface area contributed by atoms with E-state index in [2.05, 4.69) is 19.2 Å². The lowest BCUT2D eigenvalue weighted by Gasteiger charge is -2.18. The lowest BCUT2D eigenvalue weighted by atomic mass is 10.0. The minimum Gasteiger partial charge on any atom is -0.481 e. The Morgan fingerprint density at radius 3 is 2.39 bits per heavy atom. The average Bonchev–Trinajstić information content (AvgIpc) is 2.51. The minimum atomic E-state index is -0.635. The first-order valence-electron chi connectivity index (χ1n) is 7.40. The lowest BCUT2D eigenvalue weighted by Crippen LogP contribution is -2.30. The Labute approximate surface area is 146 Å². The van der Waals surface area contributed by atoms with Crippen molar-refractivity contribution in [2.75, 3.05) is 5.32 Å². The largest absolute Gasteiger partial charge is 0.481 e. The van der Waals surface area contributed by atoms with Crippen molar-refractivity contribution in [2.45, 2.75) is 32.8 Å². The molecule has 0 spiro atoms. The van der Waals surface area contributed by atoms with Gasteiger partial charge < -0.3 is 10.1 Å². The summed E-state index contributed by atoms with van der Waals surface area (Å²) in [6.45, 7) is 5.88. The number of benzene rings is 2. The van der Waals surface area contributed by atoms with Crippen LogP contribution in [0, 0.1) is 0 Å². The summed E-state index contributed by atoms with van der Waals surface area (Å²) in [5, 5.41) is 3.61. The van der Waals surface area contributed by atoms with Crippen molar-refractivity contribution >= 4 is 34.8 Å². The highest BCUT2D eigenvalue weighted by Crippen LogP contribution is 2.27. The van der Waals surface area contributed by atoms with E-state index in [1.54, 1.807) is 25.1 Å². The maximum Gasteiger partial charge on any atom is 0.265 e. The van der Waals surface area contributed by atoms with Crippen molar-refractivity contribution in [1.82, 2.24) is 0 Å². The Morgan fingerprint density at radius 2 is 1.74 bits per heavy atom. The fourth-order valence-electron chi connectivity index (χ4n) is 2.13. The fourth-order valence-corrected chi connectivity index (χ4v) is 2.42. The Bertz CT molecular complexity index is 701. The van der Waals surface area contributed by atoms with Gasteiger partial charge in [-0.05, 0) is 42.7 Å². The topological polar surface area (TPSA) is 38.3 Å². The van der Waals surface area contributed by atoms with Gasteiger partial charge in [0.25, 0.3) is 5.91 Å². The van der Waals surface area contributed by atoms with E-state index in [4.69, 9.17) is 27.9 Å². The zero-order valence-electron chi connectivity index (χ0n) is 13.3. The van der Waals surface area contributed by atoms with E-state index >= 15 is 0 Å². The van der Waals surface area contributed by atoms with Crippen molar-refractivity contribution in [3.05, 3.63) is 58.1 Å². The molecule has 0 saturated heterocycles. The molecule has 1 N–H and O–H groups in total. The summed E-state index contributed by atoms with van der Waals surface area (Å²) in [7, 11) is 0. The number of hydrogen-bond acceptors (Lipinski definition) is 2. The number of ether oxygens (including phenoxy) is 1. The van der Waals surface area contributed by atoms with Gasteiger partial charge in [-0.1, -0.05) is 55.2 Å². The first-order valence-corrected chi connectivity index (χ1v) is 8.15. The number of anilines is 1. The molecule has 5 heteroatoms. The molecule has 1 amide bonds. The molecular weight excluding hydrogens is 333 g/mol. The fraction of sp³-hybridized carbons (Fsp3) is 0.278. The van der Waals surface area contributed by atoms with E-state index < -0.39 is 6.10 Å². The minimum absolute atomic E-state index is 0.248. The molecule has 0 fully saturated rings. The average molecular weight is 352 g/mol. The SMILES string of the molecule is CC(C)c1ccccc1O[C@@H](C)C(=O)Nc1ccc(Cl)c(Cl)c1. The van der Waals surface area contributed by atoms with E-state index in [0.29, 0.717) is 21.7 Å². The highest BCUT2D eigenvalue weighted by atomic mass is 35.5. The molecular formula is C18H19Cl2NO2. The van der Waals surface area contributed by atoms with Crippen LogP contribution in [-0.2, 0) is 4.79 Å². The van der Waals surface area contributed by atoms with Gasteiger partial charge in [0.2, 0.25) is 0 Å². The van der Waals surface area contributed by atoms with Crippen LogP contribution in [-0.4, -0.2) is 12.0 Å². The molecule has 0 saturated carbocycles. The number of rotatable bonds is 5. The summed E-state index contributed by atoms with van der Waals surface area (Å²) in [4.78, 5) is 12.3. The molecule has 1 atom stereocenters. The van der Waals surface area contributed by atoms with Crippen LogP contribution in [0.3, 0.4) is 0 Å². The first kappa shape index (κ1) is 17.6. The second-order valence-electron chi connectivity index (χ2n) is 5.57. The first-order chi connectivity index (χ1) is 10.9. The van der Waals surface area contributed by atoms with Gasteiger partial charge in [-0.25, -0.2) is 0 Å². The number of carbonyl (C=O) groups is 1. The van der Waals surface area contributed by atoms with E-state index in [9.17, 15) is 4.79 Å². The Kier molecular flexibility index (Phi) is 5.91. The summed E-state index contributed by atoms with van der Waals surface area (Å²) in [6, 6.07) is 12.7. The van der Waals surface area contributed by atoms with Crippen LogP contribution in [0.1, 0.15) is 32.3 Å². The zero-order valence-corrected chi connectivity index (χ0v) is 14.8. The third-order valence-corrected chi connectivity index (χ3v) is 4.14. The number of halogens is 2. The maximum atomic E-state index is 12.3. The molecule has 2 aromatic rings. The summed E-state index contributed by atoms with van der Waals surface area (Å²) >= 11 is 11.8. The standard InChI is InChI=1S/C18H19Cl2NO2/c1-11(2)14-6-4-5-7-17(14)23-12(3)18(22)21-13-8-9-15(19)16(20)10-13/h4-12H,1-3H3,(H,21,22)/t12-/m0/s1. The Morgan fingerprint density at radius 1 is 1.04 bits per heavy atom. The molecule has 0 bridgehead atoms. The second kappa shape index (κ2) is 7.71. The molecule has 2 rings (SSSR count). The molecule has 0 aromatic heterocycles. The van der Waals surface area contributed by atoms with E-state index in [0.717, 1.165) is 11.3 Å². The predicted molar refractivity (Wildman–Crippen MR) is 95.7 cm³/mol. The van der Waals surface area contributed by atoms with Crippen molar-refractivity contribution < 1.29 is 9.53 Å². The van der Waals surface area contributed by atoms with E-state index in [1.165, 1.54) is 0 Å². The van der Waals surface area contributed by atoms with Crippen LogP contribution in [0.2, 0.25) is 10.0 Å². The maximum absolute atomic E-state index is 12.3. The highest BCUT2D eigenvalue weighted by Gasteiger charge is 2.17. The normalized spacial score (nSPS) is 12.1. The van der Waals surface area contributed by atoms with Crippen LogP contribution < -0.4 is 10.1 Å². The van der Waals surface area contributed by atoms with Crippen LogP contribution in [0.15, 0.2) is 42.5 Å². The van der Waals surface area contributed by atoms with Crippen LogP contribution >= 0.6 is 23.2 Å². The molecule has 0 aliphatic carbocycles. The third-order valence-electron chi connectivity index (χ3n) is 3.40. The number of amides is 1. The summed E-state index contributed by atoms with van der Waals surface area (Å²) in [5.74, 6) is 0.790. The molecule has 2 aromatic carbocycles. The van der Waals surface area contributed by atoms with Gasteiger partial charge in [-0.2, -0.15) is 0 Å². The van der Waals surface area contributed by atoms with E-state index in [-0.39, 0.29) is 5.91 Å². The van der Waals surface area contributed by atoms with Crippen molar-refractivity contribution in [1.29, 1.82) is 0 Å². The van der Waals surface area contributed by atoms with Gasteiger partial charge in [0.1, 0.15) is 5.75 Å². The van der Waals surface area contributed by atoms with Gasteiger partial charge >= 0.3 is 0 Å². The molecule has 0 aliphatic rings. The Balaban J connectivity index is 2.07. The van der Waals surface area contributed by atoms with Gasteiger partial charge in [-0.15, -0.1) is 0 Å². The molecule has 0 radical (unpaired) electrons. The molecule has 0 unspecified atom stereocenters. The van der Waals surface area contributed by atoms with Crippen molar-refractivity contribution in [3.8, 4) is 5.75 Å². The predicted octanol–water partition coefficient (Wildman–Crippen LogP) is 5.52. The monoisotopic (exact) mass is 351 g/mol. The van der Waals surface area contributed by atoms with Crippen LogP contribution in [0.5, 0.6) is 5.75 Å². The number of nitrogens with one attached hydrogen (secondary N) is 1. The van der Waals surface area contributed by atoms with Gasteiger partial charge in [-0.3, -0.25) is 4.79 Å². The number of hydrogen-bond donors (Lipinski definition) is 1. The van der Waals surface area contributed by atoms with Gasteiger partial charge in [0.15, 0.2) is 6.10 Å². The van der Waals surface area contributed by atoms with Gasteiger partial charge in [0, 0.05) is 5.69 Å². The molecule has 0 heterocycles. The van der Waals surface area contributed by atoms with Crippen molar-refractivity contribution in [3.63, 3.8) is 0 Å². The molecule has 23 heavy (non-hydrogen) atoms. The molecule has 122 valence electrons. The highest BCUT2D eigenvalue weighted by molar-refractivity contribution is 6.42. The zero-order chi connectivity index (χ0) is 17.0. The number of para-hydroxylation sites is 1.